The van der Waals surface area contributed by atoms with E-state index in [1.807, 2.05) is 6.07 Å². The van der Waals surface area contributed by atoms with Crippen molar-refractivity contribution >= 4 is 0 Å². The molecule has 6 rings (SSSR count). The molecule has 0 aromatic heterocycles. The van der Waals surface area contributed by atoms with E-state index in [0.29, 0.717) is 25.6 Å². The van der Waals surface area contributed by atoms with Gasteiger partial charge in [-0.15, -0.1) is 0 Å². The zero-order valence-electron chi connectivity index (χ0n) is 16.7. The quantitative estimate of drug-likeness (QED) is 0.821. The fraction of sp³-hybridized carbons (Fsp3) is 0.520. The molecule has 2 saturated carbocycles. The third-order valence-corrected chi connectivity index (χ3v) is 6.85. The Hall–Kier alpha value is -2.04. The van der Waals surface area contributed by atoms with E-state index in [4.69, 9.17) is 14.2 Å². The monoisotopic (exact) mass is 392 g/mol. The first-order valence-corrected chi connectivity index (χ1v) is 11.0. The van der Waals surface area contributed by atoms with Crippen molar-refractivity contribution in [3.05, 3.63) is 58.7 Å². The number of ether oxygens (including phenoxy) is 3. The molecule has 0 bridgehead atoms. The second-order valence-corrected chi connectivity index (χ2v) is 9.27. The number of benzene rings is 2. The van der Waals surface area contributed by atoms with Gasteiger partial charge in [-0.3, -0.25) is 0 Å². The fourth-order valence-electron chi connectivity index (χ4n) is 5.01. The predicted molar refractivity (Wildman–Crippen MR) is 110 cm³/mol. The van der Waals surface area contributed by atoms with Crippen LogP contribution in [0.3, 0.4) is 0 Å². The van der Waals surface area contributed by atoms with Crippen LogP contribution in [0.15, 0.2) is 36.4 Å². The van der Waals surface area contributed by atoms with Gasteiger partial charge < -0.3 is 19.3 Å². The van der Waals surface area contributed by atoms with Gasteiger partial charge in [0.2, 0.25) is 0 Å². The van der Waals surface area contributed by atoms with Crippen molar-refractivity contribution in [1.29, 1.82) is 0 Å². The molecule has 1 N–H and O–H groups in total. The third-order valence-electron chi connectivity index (χ3n) is 6.85. The summed E-state index contributed by atoms with van der Waals surface area (Å²) in [5, 5.41) is 10.4. The molecule has 1 saturated heterocycles. The van der Waals surface area contributed by atoms with Crippen molar-refractivity contribution in [3.8, 4) is 11.5 Å². The van der Waals surface area contributed by atoms with Crippen molar-refractivity contribution in [2.24, 2.45) is 0 Å². The van der Waals surface area contributed by atoms with Gasteiger partial charge in [-0.05, 0) is 72.4 Å². The van der Waals surface area contributed by atoms with E-state index in [1.165, 1.54) is 35.1 Å². The van der Waals surface area contributed by atoms with E-state index in [-0.39, 0.29) is 17.8 Å². The smallest absolute Gasteiger partial charge is 0.161 e. The molecular formula is C25H28O4. The Morgan fingerprint density at radius 2 is 1.79 bits per heavy atom. The predicted octanol–water partition coefficient (Wildman–Crippen LogP) is 4.67. The molecule has 152 valence electrons. The number of rotatable bonds is 4. The van der Waals surface area contributed by atoms with E-state index in [2.05, 4.69) is 30.3 Å². The van der Waals surface area contributed by atoms with Crippen LogP contribution >= 0.6 is 0 Å². The molecule has 2 aliphatic heterocycles. The summed E-state index contributed by atoms with van der Waals surface area (Å²) in [6, 6.07) is 13.2. The van der Waals surface area contributed by atoms with E-state index in [9.17, 15) is 5.11 Å². The lowest BCUT2D eigenvalue weighted by atomic mass is 9.90. The molecule has 1 spiro atoms. The van der Waals surface area contributed by atoms with Crippen LogP contribution in [-0.4, -0.2) is 30.0 Å². The van der Waals surface area contributed by atoms with Crippen LogP contribution in [0, 0.1) is 0 Å². The van der Waals surface area contributed by atoms with Gasteiger partial charge in [0.1, 0.15) is 13.2 Å². The number of aliphatic hydroxyl groups is 1. The first-order valence-electron chi connectivity index (χ1n) is 11.0. The molecule has 4 nitrogen and oxygen atoms in total. The number of aliphatic hydroxyl groups excluding tert-OH is 1. The fourth-order valence-corrected chi connectivity index (χ4v) is 5.01. The minimum atomic E-state index is -0.249. The molecule has 0 amide bonds. The minimum Gasteiger partial charge on any atom is -0.486 e. The highest BCUT2D eigenvalue weighted by atomic mass is 16.6. The lowest BCUT2D eigenvalue weighted by Gasteiger charge is -2.34. The lowest BCUT2D eigenvalue weighted by molar-refractivity contribution is -0.113. The SMILES string of the molecule is O[C@@H]1C[C@H](c2ccc(C3CC3)c(Cc3ccc4c(c3)OCCO4)c2)OC2(CC2)C1. The molecule has 3 fully saturated rings. The van der Waals surface area contributed by atoms with Crippen molar-refractivity contribution in [2.75, 3.05) is 13.2 Å². The topological polar surface area (TPSA) is 47.9 Å². The van der Waals surface area contributed by atoms with Crippen molar-refractivity contribution < 1.29 is 19.3 Å². The normalized spacial score (nSPS) is 27.1. The Kier molecular flexibility index (Phi) is 4.14. The van der Waals surface area contributed by atoms with E-state index in [0.717, 1.165) is 37.2 Å². The molecule has 2 atom stereocenters. The number of hydrogen-bond acceptors (Lipinski definition) is 4. The highest BCUT2D eigenvalue weighted by molar-refractivity contribution is 5.47. The van der Waals surface area contributed by atoms with E-state index in [1.54, 1.807) is 0 Å². The molecule has 0 radical (unpaired) electrons. The van der Waals surface area contributed by atoms with Crippen LogP contribution in [-0.2, 0) is 11.2 Å². The molecule has 2 aromatic rings. The highest BCUT2D eigenvalue weighted by Crippen LogP contribution is 2.52. The number of hydrogen-bond donors (Lipinski definition) is 1. The Balaban J connectivity index is 1.30. The summed E-state index contributed by atoms with van der Waals surface area (Å²) < 4.78 is 17.9. The van der Waals surface area contributed by atoms with Crippen LogP contribution in [0.1, 0.15) is 72.8 Å². The average Bonchev–Trinajstić information content (AvgIpc) is 3.65. The van der Waals surface area contributed by atoms with Gasteiger partial charge in [0.05, 0.1) is 17.8 Å². The standard InChI is InChI=1S/C25H28O4/c26-20-14-23(29-25(15-20)7-8-25)18-4-5-21(17-2-3-17)19(13-18)11-16-1-6-22-24(12-16)28-10-9-27-22/h1,4-6,12-13,17,20,23,26H,2-3,7-11,14-15H2/t20-,23-/m1/s1. The maximum atomic E-state index is 10.4. The van der Waals surface area contributed by atoms with Crippen molar-refractivity contribution in [1.82, 2.24) is 0 Å². The van der Waals surface area contributed by atoms with Gasteiger partial charge in [-0.1, -0.05) is 24.3 Å². The molecule has 2 aliphatic carbocycles. The molecule has 2 aromatic carbocycles. The summed E-state index contributed by atoms with van der Waals surface area (Å²) in [6.07, 6.45) is 6.90. The first-order chi connectivity index (χ1) is 14.2. The van der Waals surface area contributed by atoms with Crippen LogP contribution in [0.5, 0.6) is 11.5 Å². The molecule has 4 heteroatoms. The van der Waals surface area contributed by atoms with Gasteiger partial charge >= 0.3 is 0 Å². The molecule has 29 heavy (non-hydrogen) atoms. The Morgan fingerprint density at radius 3 is 2.59 bits per heavy atom. The Morgan fingerprint density at radius 1 is 0.966 bits per heavy atom. The highest BCUT2D eigenvalue weighted by Gasteiger charge is 2.50. The van der Waals surface area contributed by atoms with E-state index < -0.39 is 0 Å². The van der Waals surface area contributed by atoms with Crippen molar-refractivity contribution in [2.45, 2.75) is 68.7 Å². The Bertz CT molecular complexity index is 928. The maximum Gasteiger partial charge on any atom is 0.161 e. The zero-order valence-corrected chi connectivity index (χ0v) is 16.7. The summed E-state index contributed by atoms with van der Waals surface area (Å²) in [6.45, 7) is 1.23. The third kappa shape index (κ3) is 3.53. The summed E-state index contributed by atoms with van der Waals surface area (Å²) in [5.74, 6) is 2.40. The maximum absolute atomic E-state index is 10.4. The summed E-state index contributed by atoms with van der Waals surface area (Å²) >= 11 is 0. The summed E-state index contributed by atoms with van der Waals surface area (Å²) in [4.78, 5) is 0. The Labute approximate surface area is 171 Å². The van der Waals surface area contributed by atoms with Crippen LogP contribution in [0.25, 0.3) is 0 Å². The minimum absolute atomic E-state index is 0.00789. The number of fused-ring (bicyclic) bond motifs is 1. The summed E-state index contributed by atoms with van der Waals surface area (Å²) in [7, 11) is 0. The first kappa shape index (κ1) is 17.8. The molecule has 0 unspecified atom stereocenters. The van der Waals surface area contributed by atoms with Crippen molar-refractivity contribution in [3.63, 3.8) is 0 Å². The van der Waals surface area contributed by atoms with Crippen LogP contribution < -0.4 is 9.47 Å². The van der Waals surface area contributed by atoms with Gasteiger partial charge in [-0.25, -0.2) is 0 Å². The van der Waals surface area contributed by atoms with Gasteiger partial charge in [0.25, 0.3) is 0 Å². The molecule has 4 aliphatic rings. The second kappa shape index (κ2) is 6.75. The second-order valence-electron chi connectivity index (χ2n) is 9.27. The van der Waals surface area contributed by atoms with Gasteiger partial charge in [0, 0.05) is 12.8 Å². The summed E-state index contributed by atoms with van der Waals surface area (Å²) in [5.41, 5.74) is 5.27. The zero-order chi connectivity index (χ0) is 19.4. The van der Waals surface area contributed by atoms with Crippen LogP contribution in [0.2, 0.25) is 0 Å². The molecule has 2 heterocycles. The largest absolute Gasteiger partial charge is 0.486 e. The van der Waals surface area contributed by atoms with Gasteiger partial charge in [0.15, 0.2) is 11.5 Å². The average molecular weight is 392 g/mol. The lowest BCUT2D eigenvalue weighted by Crippen LogP contribution is -2.32. The molecular weight excluding hydrogens is 364 g/mol. The van der Waals surface area contributed by atoms with E-state index >= 15 is 0 Å². The van der Waals surface area contributed by atoms with Gasteiger partial charge in [-0.2, -0.15) is 0 Å². The van der Waals surface area contributed by atoms with Crippen LogP contribution in [0.4, 0.5) is 0 Å².